The Bertz CT molecular complexity index is 443. The zero-order valence-corrected chi connectivity index (χ0v) is 11.8. The first-order valence-electron chi connectivity index (χ1n) is 6.53. The molecule has 0 saturated carbocycles. The fourth-order valence-corrected chi connectivity index (χ4v) is 2.38. The summed E-state index contributed by atoms with van der Waals surface area (Å²) in [4.78, 5) is 13.6. The molecule has 1 atom stereocenters. The molecule has 1 aliphatic heterocycles. The van der Waals surface area contributed by atoms with Crippen molar-refractivity contribution < 1.29 is 9.53 Å². The van der Waals surface area contributed by atoms with Crippen LogP contribution in [-0.2, 0) is 4.79 Å². The lowest BCUT2D eigenvalue weighted by Crippen LogP contribution is -2.47. The lowest BCUT2D eigenvalue weighted by molar-refractivity contribution is -0.133. The van der Waals surface area contributed by atoms with Gasteiger partial charge in [-0.3, -0.25) is 4.79 Å². The van der Waals surface area contributed by atoms with Crippen LogP contribution in [-0.4, -0.2) is 36.0 Å². The van der Waals surface area contributed by atoms with Gasteiger partial charge in [-0.05, 0) is 19.1 Å². The van der Waals surface area contributed by atoms with Gasteiger partial charge in [0.15, 0.2) is 0 Å². The summed E-state index contributed by atoms with van der Waals surface area (Å²) in [7, 11) is 0. The molecule has 1 aromatic rings. The Morgan fingerprint density at radius 3 is 2.63 bits per heavy atom. The van der Waals surface area contributed by atoms with Crippen molar-refractivity contribution >= 4 is 17.5 Å². The molecule has 1 fully saturated rings. The Labute approximate surface area is 118 Å². The Morgan fingerprint density at radius 1 is 1.42 bits per heavy atom. The van der Waals surface area contributed by atoms with E-state index >= 15 is 0 Å². The van der Waals surface area contributed by atoms with Gasteiger partial charge in [-0.2, -0.15) is 0 Å². The molecule has 0 aromatic heterocycles. The van der Waals surface area contributed by atoms with Crippen molar-refractivity contribution in [3.05, 3.63) is 29.3 Å². The van der Waals surface area contributed by atoms with Gasteiger partial charge in [0.05, 0.1) is 11.1 Å². The predicted molar refractivity (Wildman–Crippen MR) is 75.3 cm³/mol. The van der Waals surface area contributed by atoms with Crippen molar-refractivity contribution in [3.8, 4) is 5.75 Å². The molecule has 2 rings (SSSR count). The van der Waals surface area contributed by atoms with E-state index in [-0.39, 0.29) is 12.0 Å². The van der Waals surface area contributed by atoms with E-state index in [2.05, 4.69) is 0 Å². The van der Waals surface area contributed by atoms with Crippen LogP contribution >= 0.6 is 11.6 Å². The number of halogens is 1. The van der Waals surface area contributed by atoms with Crippen molar-refractivity contribution in [1.82, 2.24) is 4.90 Å². The first-order chi connectivity index (χ1) is 9.08. The number of carbonyl (C=O) groups excluding carboxylic acids is 1. The van der Waals surface area contributed by atoms with E-state index in [1.54, 1.807) is 11.8 Å². The SMILES string of the molecule is C[C@@H](N)C(=O)N1CCC(Oc2ccccc2Cl)CC1. The van der Waals surface area contributed by atoms with Crippen LogP contribution in [0, 0.1) is 0 Å². The van der Waals surface area contributed by atoms with Crippen LogP contribution in [0.4, 0.5) is 0 Å². The summed E-state index contributed by atoms with van der Waals surface area (Å²) >= 11 is 6.06. The van der Waals surface area contributed by atoms with Gasteiger partial charge in [0.1, 0.15) is 11.9 Å². The first-order valence-corrected chi connectivity index (χ1v) is 6.91. The molecule has 0 radical (unpaired) electrons. The highest BCUT2D eigenvalue weighted by molar-refractivity contribution is 6.32. The Hall–Kier alpha value is -1.26. The predicted octanol–water partition coefficient (Wildman–Crippen LogP) is 2.06. The number of nitrogens with zero attached hydrogens (tertiary/aromatic N) is 1. The molecule has 1 aromatic carbocycles. The van der Waals surface area contributed by atoms with E-state index in [1.807, 2.05) is 24.3 Å². The van der Waals surface area contributed by atoms with Crippen LogP contribution in [0.25, 0.3) is 0 Å². The number of amides is 1. The van der Waals surface area contributed by atoms with Crippen LogP contribution in [0.2, 0.25) is 5.02 Å². The first kappa shape index (κ1) is 14.2. The zero-order valence-electron chi connectivity index (χ0n) is 11.0. The number of hydrogen-bond donors (Lipinski definition) is 1. The van der Waals surface area contributed by atoms with Gasteiger partial charge in [0.2, 0.25) is 5.91 Å². The van der Waals surface area contributed by atoms with Crippen LogP contribution in [0.5, 0.6) is 5.75 Å². The van der Waals surface area contributed by atoms with Crippen LogP contribution in [0.15, 0.2) is 24.3 Å². The highest BCUT2D eigenvalue weighted by Gasteiger charge is 2.25. The van der Waals surface area contributed by atoms with E-state index in [0.29, 0.717) is 23.9 Å². The Balaban J connectivity index is 1.87. The number of rotatable bonds is 3. The maximum absolute atomic E-state index is 11.8. The smallest absolute Gasteiger partial charge is 0.239 e. The Kier molecular flexibility index (Phi) is 4.66. The summed E-state index contributed by atoms with van der Waals surface area (Å²) < 4.78 is 5.87. The quantitative estimate of drug-likeness (QED) is 0.923. The molecule has 0 spiro atoms. The number of hydrogen-bond acceptors (Lipinski definition) is 3. The van der Waals surface area contributed by atoms with E-state index in [1.165, 1.54) is 0 Å². The van der Waals surface area contributed by atoms with Crippen LogP contribution < -0.4 is 10.5 Å². The number of piperidine rings is 1. The van der Waals surface area contributed by atoms with Crippen molar-refractivity contribution in [2.45, 2.75) is 31.9 Å². The van der Waals surface area contributed by atoms with Gasteiger partial charge in [-0.1, -0.05) is 23.7 Å². The summed E-state index contributed by atoms with van der Waals surface area (Å²) in [6, 6.07) is 7.02. The molecular formula is C14H19ClN2O2. The fourth-order valence-electron chi connectivity index (χ4n) is 2.20. The van der Waals surface area contributed by atoms with E-state index in [0.717, 1.165) is 12.8 Å². The molecule has 1 aliphatic rings. The molecule has 104 valence electrons. The molecule has 2 N–H and O–H groups in total. The maximum atomic E-state index is 11.8. The van der Waals surface area contributed by atoms with Gasteiger partial charge in [-0.15, -0.1) is 0 Å². The molecule has 0 unspecified atom stereocenters. The number of benzene rings is 1. The van der Waals surface area contributed by atoms with Crippen LogP contribution in [0.1, 0.15) is 19.8 Å². The lowest BCUT2D eigenvalue weighted by atomic mass is 10.1. The highest BCUT2D eigenvalue weighted by Crippen LogP contribution is 2.26. The fraction of sp³-hybridized carbons (Fsp3) is 0.500. The van der Waals surface area contributed by atoms with E-state index in [4.69, 9.17) is 22.1 Å². The molecule has 19 heavy (non-hydrogen) atoms. The number of carbonyl (C=O) groups is 1. The van der Waals surface area contributed by atoms with Gasteiger partial charge >= 0.3 is 0 Å². The van der Waals surface area contributed by atoms with Gasteiger partial charge < -0.3 is 15.4 Å². The lowest BCUT2D eigenvalue weighted by Gasteiger charge is -2.33. The molecule has 0 bridgehead atoms. The molecule has 1 saturated heterocycles. The van der Waals surface area contributed by atoms with Crippen molar-refractivity contribution in [1.29, 1.82) is 0 Å². The zero-order chi connectivity index (χ0) is 13.8. The topological polar surface area (TPSA) is 55.6 Å². The number of nitrogens with two attached hydrogens (primary N) is 1. The third-order valence-corrected chi connectivity index (χ3v) is 3.59. The minimum atomic E-state index is -0.430. The molecular weight excluding hydrogens is 264 g/mol. The Morgan fingerprint density at radius 2 is 2.05 bits per heavy atom. The van der Waals surface area contributed by atoms with Crippen LogP contribution in [0.3, 0.4) is 0 Å². The third kappa shape index (κ3) is 3.61. The van der Waals surface area contributed by atoms with Crippen molar-refractivity contribution in [2.75, 3.05) is 13.1 Å². The monoisotopic (exact) mass is 282 g/mol. The van der Waals surface area contributed by atoms with Crippen molar-refractivity contribution in [3.63, 3.8) is 0 Å². The number of para-hydroxylation sites is 1. The minimum Gasteiger partial charge on any atom is -0.489 e. The number of likely N-dealkylation sites (tertiary alicyclic amines) is 1. The number of ether oxygens (including phenoxy) is 1. The van der Waals surface area contributed by atoms with Crippen molar-refractivity contribution in [2.24, 2.45) is 5.73 Å². The average molecular weight is 283 g/mol. The molecule has 4 nitrogen and oxygen atoms in total. The summed E-state index contributed by atoms with van der Waals surface area (Å²) in [5.74, 6) is 0.720. The third-order valence-electron chi connectivity index (χ3n) is 3.27. The summed E-state index contributed by atoms with van der Waals surface area (Å²) in [6.07, 6.45) is 1.73. The molecule has 1 heterocycles. The van der Waals surface area contributed by atoms with Gasteiger partial charge in [0, 0.05) is 25.9 Å². The largest absolute Gasteiger partial charge is 0.489 e. The maximum Gasteiger partial charge on any atom is 0.239 e. The summed E-state index contributed by atoms with van der Waals surface area (Å²) in [5, 5.41) is 0.622. The highest BCUT2D eigenvalue weighted by atomic mass is 35.5. The average Bonchev–Trinajstić information content (AvgIpc) is 2.41. The standard InChI is InChI=1S/C14H19ClN2O2/c1-10(16)14(18)17-8-6-11(7-9-17)19-13-5-3-2-4-12(13)15/h2-5,10-11H,6-9,16H2,1H3/t10-/m1/s1. The van der Waals surface area contributed by atoms with Gasteiger partial charge in [0.25, 0.3) is 0 Å². The summed E-state index contributed by atoms with van der Waals surface area (Å²) in [6.45, 7) is 3.10. The van der Waals surface area contributed by atoms with E-state index < -0.39 is 6.04 Å². The normalized spacial score (nSPS) is 18.2. The van der Waals surface area contributed by atoms with Gasteiger partial charge in [-0.25, -0.2) is 0 Å². The summed E-state index contributed by atoms with van der Waals surface area (Å²) in [5.41, 5.74) is 5.60. The van der Waals surface area contributed by atoms with E-state index in [9.17, 15) is 4.79 Å². The second-order valence-electron chi connectivity index (χ2n) is 4.86. The second kappa shape index (κ2) is 6.26. The second-order valence-corrected chi connectivity index (χ2v) is 5.27. The molecule has 0 aliphatic carbocycles. The molecule has 5 heteroatoms. The minimum absolute atomic E-state index is 0.0104. The molecule has 1 amide bonds.